The summed E-state index contributed by atoms with van der Waals surface area (Å²) in [5, 5.41) is 2.05. The van der Waals surface area contributed by atoms with Crippen LogP contribution in [0, 0.1) is 0 Å². The van der Waals surface area contributed by atoms with Gasteiger partial charge in [0.2, 0.25) is 0 Å². The van der Waals surface area contributed by atoms with E-state index >= 15 is 0 Å². The van der Waals surface area contributed by atoms with E-state index in [4.69, 9.17) is 17.0 Å². The average molecular weight is 740 g/mol. The van der Waals surface area contributed by atoms with E-state index in [9.17, 15) is 19.2 Å². The van der Waals surface area contributed by atoms with Crippen molar-refractivity contribution in [3.8, 4) is 0 Å². The van der Waals surface area contributed by atoms with Crippen LogP contribution in [-0.4, -0.2) is 35.0 Å². The third kappa shape index (κ3) is 2.45. The summed E-state index contributed by atoms with van der Waals surface area (Å²) in [6.07, 6.45) is 0. The van der Waals surface area contributed by atoms with Crippen molar-refractivity contribution < 1.29 is 42.8 Å². The second kappa shape index (κ2) is 7.58. The maximum absolute atomic E-state index is 12.9. The second-order valence-electron chi connectivity index (χ2n) is 8.64. The van der Waals surface area contributed by atoms with Gasteiger partial charge in [-0.15, -0.1) is 0 Å². The number of carbonyl (C=O) groups is 4. The van der Waals surface area contributed by atoms with Crippen molar-refractivity contribution in [3.05, 3.63) is 22.3 Å². The van der Waals surface area contributed by atoms with Crippen LogP contribution in [-0.2, 0) is 42.8 Å². The van der Waals surface area contributed by atoms with Crippen LogP contribution in [0.15, 0.2) is 22.3 Å². The van der Waals surface area contributed by atoms with Gasteiger partial charge < -0.3 is 0 Å². The van der Waals surface area contributed by atoms with Crippen LogP contribution >= 0.6 is 33.4 Å². The standard InChI is InChI=1S/2C8H12P.4CHO.2ClH.W.Zr/c2*1-5-6(2)8(4)9-7(5)3;4*1-2;;;;/h2*1-4H3;4*1H;2*1H;;/q;;;;;;;;;+2/p-2. The first-order chi connectivity index (χ1) is 13.5. The molecule has 0 N–H and O–H groups in total. The Balaban J connectivity index is 3.38. The first-order valence-corrected chi connectivity index (χ1v) is 36.4. The van der Waals surface area contributed by atoms with Crippen LogP contribution < -0.4 is 0 Å². The van der Waals surface area contributed by atoms with Gasteiger partial charge in [-0.3, -0.25) is 0 Å². The Hall–Kier alpha value is 0.651. The van der Waals surface area contributed by atoms with Gasteiger partial charge in [0.15, 0.2) is 0 Å². The number of rotatable bonds is 7. The van der Waals surface area contributed by atoms with Gasteiger partial charge in [0.25, 0.3) is 0 Å². The Morgan fingerprint density at radius 2 is 0.967 bits per heavy atom. The van der Waals surface area contributed by atoms with Crippen molar-refractivity contribution in [2.24, 2.45) is 0 Å². The average Bonchev–Trinajstić information content (AvgIpc) is 3.05. The van der Waals surface area contributed by atoms with Gasteiger partial charge in [0, 0.05) is 0 Å². The van der Waals surface area contributed by atoms with E-state index in [2.05, 4.69) is 0 Å². The van der Waals surface area contributed by atoms with Crippen LogP contribution in [0.1, 0.15) is 55.4 Å². The van der Waals surface area contributed by atoms with Gasteiger partial charge in [-0.2, -0.15) is 0 Å². The predicted octanol–water partition coefficient (Wildman–Crippen LogP) is 5.76. The molecule has 0 bridgehead atoms. The van der Waals surface area contributed by atoms with Crippen LogP contribution in [0.4, 0.5) is 0 Å². The van der Waals surface area contributed by atoms with Crippen LogP contribution in [0.5, 0.6) is 0 Å². The molecule has 0 amide bonds. The molecule has 0 spiro atoms. The molecule has 2 aliphatic rings. The zero-order chi connectivity index (χ0) is 23.6. The molecule has 30 heavy (non-hydrogen) atoms. The zero-order valence-electron chi connectivity index (χ0n) is 18.5. The second-order valence-corrected chi connectivity index (χ2v) is 92.8. The molecule has 0 saturated carbocycles. The predicted molar refractivity (Wildman–Crippen MR) is 127 cm³/mol. The molecule has 10 heteroatoms. The molecule has 2 aliphatic heterocycles. The Kier molecular flexibility index (Phi) is 6.80. The molecule has 2 atom stereocenters. The van der Waals surface area contributed by atoms with E-state index in [0.717, 1.165) is 49.3 Å². The molecule has 0 aromatic heterocycles. The topological polar surface area (TPSA) is 68.3 Å². The van der Waals surface area contributed by atoms with Crippen molar-refractivity contribution in [2.75, 3.05) is 0 Å². The fraction of sp³-hybridized carbons (Fsp3) is 0.500. The van der Waals surface area contributed by atoms with Gasteiger partial charge in [-0.05, 0) is 0 Å². The third-order valence-corrected chi connectivity index (χ3v) is 152. The van der Waals surface area contributed by atoms with E-state index < -0.39 is 29.3 Å². The van der Waals surface area contributed by atoms with Crippen molar-refractivity contribution in [1.82, 2.24) is 0 Å². The normalized spacial score (nSPS) is 31.1. The number of hydrogen-bond donors (Lipinski definition) is 0. The van der Waals surface area contributed by atoms with Crippen LogP contribution in [0.3, 0.4) is 0 Å². The van der Waals surface area contributed by atoms with Crippen molar-refractivity contribution in [1.29, 1.82) is 0 Å². The molecule has 0 aliphatic carbocycles. The summed E-state index contributed by atoms with van der Waals surface area (Å²) < 4.78 is -0.668. The molecule has 0 aromatic carbocycles. The van der Waals surface area contributed by atoms with Crippen LogP contribution in [0.25, 0.3) is 0 Å². The van der Waals surface area contributed by atoms with Gasteiger partial charge in [0.1, 0.15) is 0 Å². The van der Waals surface area contributed by atoms with E-state index in [1.807, 2.05) is 55.4 Å². The van der Waals surface area contributed by atoms with Gasteiger partial charge in [-0.25, -0.2) is 0 Å². The first kappa shape index (κ1) is 26.9. The summed E-state index contributed by atoms with van der Waals surface area (Å²) >= 11 is -6.20. The van der Waals surface area contributed by atoms with E-state index in [1.165, 1.54) is 0 Å². The summed E-state index contributed by atoms with van der Waals surface area (Å²) in [5.41, 5.74) is 3.75. The summed E-state index contributed by atoms with van der Waals surface area (Å²) in [7, 11) is 10.8. The van der Waals surface area contributed by atoms with Gasteiger partial charge >= 0.3 is 189 Å². The molecule has 2 rings (SSSR count). The molecule has 4 nitrogen and oxygen atoms in total. The fourth-order valence-electron chi connectivity index (χ4n) is 4.96. The van der Waals surface area contributed by atoms with Gasteiger partial charge in [-0.1, -0.05) is 0 Å². The molecule has 2 unspecified atom stereocenters. The Labute approximate surface area is 187 Å². The SMILES string of the molecule is CC1=P[C](C)([Zr]([Cl])([Cl])([C]2(C)P=C(C)C(C)=C2C)[W]([CH]=O)([CH]=O)([CH]=O)[CH]=O)C(C)=C1C. The Morgan fingerprint density at radius 1 is 0.700 bits per heavy atom. The first-order valence-electron chi connectivity index (χ1n) is 9.36. The molecular weight excluding hydrogens is 712 g/mol. The molecule has 0 saturated heterocycles. The molecule has 2 heterocycles. The Morgan fingerprint density at radius 3 is 1.13 bits per heavy atom. The monoisotopic (exact) mass is 738 g/mol. The fourth-order valence-corrected chi connectivity index (χ4v) is 136. The number of carbonyl (C=O) groups excluding carboxylic acids is 4. The van der Waals surface area contributed by atoms with Crippen LogP contribution in [0.2, 0.25) is 0 Å². The number of hydrogen-bond acceptors (Lipinski definition) is 4. The van der Waals surface area contributed by atoms with E-state index in [-0.39, 0.29) is 0 Å². The molecule has 0 radical (unpaired) electrons. The number of allylic oxidation sites excluding steroid dienone is 4. The van der Waals surface area contributed by atoms with Crippen molar-refractivity contribution >= 4 is 62.7 Å². The molecule has 0 aromatic rings. The third-order valence-electron chi connectivity index (χ3n) is 7.76. The van der Waals surface area contributed by atoms with E-state index in [0.29, 0.717) is 18.7 Å². The molecular formula is C20H28Cl2O4P2WZr. The minimum atomic E-state index is -6.40. The summed E-state index contributed by atoms with van der Waals surface area (Å²) in [4.78, 5) is 51.4. The molecule has 0 fully saturated rings. The number of halogens is 2. The minimum absolute atomic E-state index is 0.340. The van der Waals surface area contributed by atoms with E-state index in [1.54, 1.807) is 0 Å². The summed E-state index contributed by atoms with van der Waals surface area (Å²) in [6, 6.07) is 0. The zero-order valence-corrected chi connectivity index (χ0v) is 27.2. The van der Waals surface area contributed by atoms with Crippen molar-refractivity contribution in [2.45, 2.75) is 61.1 Å². The van der Waals surface area contributed by atoms with Gasteiger partial charge in [0.05, 0.1) is 0 Å². The maximum atomic E-state index is 12.9. The quantitative estimate of drug-likeness (QED) is 0.246. The Bertz CT molecular complexity index is 946. The summed E-state index contributed by atoms with van der Waals surface area (Å²) in [6.45, 7) is 15.4. The summed E-state index contributed by atoms with van der Waals surface area (Å²) in [5.74, 6) is 0. The molecule has 166 valence electrons. The van der Waals surface area contributed by atoms with Crippen molar-refractivity contribution in [3.63, 3.8) is 0 Å².